The molecule has 1 fully saturated rings. The molecule has 4 rings (SSSR count). The molecule has 10 heteroatoms. The first-order valence-electron chi connectivity index (χ1n) is 9.33. The van der Waals surface area contributed by atoms with Gasteiger partial charge in [0, 0.05) is 35.5 Å². The van der Waals surface area contributed by atoms with Crippen molar-refractivity contribution in [2.75, 3.05) is 13.1 Å². The first-order chi connectivity index (χ1) is 14.2. The summed E-state index contributed by atoms with van der Waals surface area (Å²) < 4.78 is 38.8. The largest absolute Gasteiger partial charge is 0.433 e. The molecule has 0 bridgehead atoms. The average molecular weight is 454 g/mol. The minimum Gasteiger partial charge on any atom is -0.349 e. The van der Waals surface area contributed by atoms with Gasteiger partial charge in [-0.05, 0) is 48.9 Å². The highest BCUT2D eigenvalue weighted by Crippen LogP contribution is 2.35. The molecule has 30 heavy (non-hydrogen) atoms. The summed E-state index contributed by atoms with van der Waals surface area (Å²) >= 11 is 2.45. The second-order valence-corrected chi connectivity index (χ2v) is 8.93. The van der Waals surface area contributed by atoms with Crippen molar-refractivity contribution in [1.29, 1.82) is 0 Å². The molecule has 0 atom stereocenters. The highest BCUT2D eigenvalue weighted by molar-refractivity contribution is 7.20. The fraction of sp³-hybridized carbons (Fsp3) is 0.350. The van der Waals surface area contributed by atoms with Crippen LogP contribution in [-0.2, 0) is 6.18 Å². The van der Waals surface area contributed by atoms with Crippen LogP contribution < -0.4 is 5.32 Å². The number of aromatic nitrogens is 1. The minimum atomic E-state index is -4.52. The Morgan fingerprint density at radius 3 is 2.57 bits per heavy atom. The smallest absolute Gasteiger partial charge is 0.349 e. The second kappa shape index (κ2) is 7.99. The summed E-state index contributed by atoms with van der Waals surface area (Å²) in [5, 5.41) is 7.19. The molecular weight excluding hydrogens is 435 g/mol. The fourth-order valence-corrected chi connectivity index (χ4v) is 5.28. The van der Waals surface area contributed by atoms with Crippen molar-refractivity contribution in [1.82, 2.24) is 15.2 Å². The van der Waals surface area contributed by atoms with Crippen LogP contribution in [-0.4, -0.2) is 40.8 Å². The Hall–Kier alpha value is -2.46. The van der Waals surface area contributed by atoms with Gasteiger partial charge in [0.1, 0.15) is 10.5 Å². The Balaban J connectivity index is 1.44. The van der Waals surface area contributed by atoms with Crippen molar-refractivity contribution < 1.29 is 22.8 Å². The van der Waals surface area contributed by atoms with Crippen molar-refractivity contribution in [3.05, 3.63) is 50.7 Å². The SMILES string of the molecule is Cc1c(C(=O)N2CCC(NC(=O)c3ccsc3)CC2)sc2nc(C(F)(F)F)ccc12. The molecule has 1 aliphatic rings. The van der Waals surface area contributed by atoms with Gasteiger partial charge in [-0.15, -0.1) is 11.3 Å². The Morgan fingerprint density at radius 2 is 1.93 bits per heavy atom. The van der Waals surface area contributed by atoms with Crippen LogP contribution in [0.25, 0.3) is 10.2 Å². The van der Waals surface area contributed by atoms with Gasteiger partial charge in [0.25, 0.3) is 11.8 Å². The first kappa shape index (κ1) is 20.8. The Kier molecular flexibility index (Phi) is 5.54. The van der Waals surface area contributed by atoms with E-state index in [4.69, 9.17) is 0 Å². The number of carbonyl (C=O) groups is 2. The van der Waals surface area contributed by atoms with E-state index in [0.29, 0.717) is 47.3 Å². The molecule has 1 saturated heterocycles. The predicted octanol–water partition coefficient (Wildman–Crippen LogP) is 4.72. The molecule has 3 aromatic rings. The highest BCUT2D eigenvalue weighted by Gasteiger charge is 2.33. The van der Waals surface area contributed by atoms with E-state index < -0.39 is 11.9 Å². The predicted molar refractivity (Wildman–Crippen MR) is 110 cm³/mol. The second-order valence-electron chi connectivity index (χ2n) is 7.16. The summed E-state index contributed by atoms with van der Waals surface area (Å²) in [7, 11) is 0. The number of likely N-dealkylation sites (tertiary alicyclic amines) is 1. The van der Waals surface area contributed by atoms with Crippen LogP contribution in [0.3, 0.4) is 0 Å². The summed E-state index contributed by atoms with van der Waals surface area (Å²) in [5.74, 6) is -0.320. The molecule has 0 unspecified atom stereocenters. The van der Waals surface area contributed by atoms with Gasteiger partial charge >= 0.3 is 6.18 Å². The molecule has 2 amide bonds. The van der Waals surface area contributed by atoms with Crippen LogP contribution in [0.15, 0.2) is 29.0 Å². The zero-order valence-electron chi connectivity index (χ0n) is 16.0. The maximum absolute atomic E-state index is 13.0. The number of amides is 2. The van der Waals surface area contributed by atoms with Gasteiger partial charge < -0.3 is 10.2 Å². The maximum atomic E-state index is 13.0. The third-order valence-electron chi connectivity index (χ3n) is 5.19. The van der Waals surface area contributed by atoms with Crippen LogP contribution in [0.2, 0.25) is 0 Å². The Morgan fingerprint density at radius 1 is 1.20 bits per heavy atom. The molecule has 1 aliphatic heterocycles. The van der Waals surface area contributed by atoms with Crippen LogP contribution in [0.5, 0.6) is 0 Å². The molecule has 0 spiro atoms. The molecule has 158 valence electrons. The van der Waals surface area contributed by atoms with E-state index in [1.807, 2.05) is 5.38 Å². The van der Waals surface area contributed by atoms with E-state index in [1.165, 1.54) is 17.4 Å². The number of halogens is 3. The van der Waals surface area contributed by atoms with Gasteiger partial charge in [0.15, 0.2) is 0 Å². The number of nitrogens with one attached hydrogen (secondary N) is 1. The van der Waals surface area contributed by atoms with Crippen molar-refractivity contribution >= 4 is 44.7 Å². The van der Waals surface area contributed by atoms with Gasteiger partial charge in [-0.2, -0.15) is 24.5 Å². The number of nitrogens with zero attached hydrogens (tertiary/aromatic N) is 2. The number of aryl methyl sites for hydroxylation is 1. The van der Waals surface area contributed by atoms with Crippen LogP contribution in [0, 0.1) is 6.92 Å². The number of fused-ring (bicyclic) bond motifs is 1. The number of carbonyl (C=O) groups excluding carboxylic acids is 2. The number of thiophene rings is 2. The molecule has 3 aromatic heterocycles. The van der Waals surface area contributed by atoms with E-state index in [-0.39, 0.29) is 22.7 Å². The zero-order chi connectivity index (χ0) is 21.5. The molecular formula is C20H18F3N3O2S2. The average Bonchev–Trinajstić information content (AvgIpc) is 3.36. The van der Waals surface area contributed by atoms with Gasteiger partial charge in [0.05, 0.1) is 4.88 Å². The lowest BCUT2D eigenvalue weighted by Crippen LogP contribution is -2.46. The number of hydrogen-bond donors (Lipinski definition) is 1. The molecule has 0 aromatic carbocycles. The van der Waals surface area contributed by atoms with Crippen LogP contribution in [0.4, 0.5) is 13.2 Å². The molecule has 5 nitrogen and oxygen atoms in total. The number of piperidine rings is 1. The monoisotopic (exact) mass is 453 g/mol. The molecule has 4 heterocycles. The maximum Gasteiger partial charge on any atom is 0.433 e. The quantitative estimate of drug-likeness (QED) is 0.624. The van der Waals surface area contributed by atoms with Crippen LogP contribution in [0.1, 0.15) is 44.1 Å². The Labute approximate surface area is 178 Å². The van der Waals surface area contributed by atoms with Crippen molar-refractivity contribution in [2.24, 2.45) is 0 Å². The normalized spacial score (nSPS) is 15.5. The first-order valence-corrected chi connectivity index (χ1v) is 11.1. The van der Waals surface area contributed by atoms with E-state index >= 15 is 0 Å². The number of rotatable bonds is 3. The third-order valence-corrected chi connectivity index (χ3v) is 7.06. The van der Waals surface area contributed by atoms with Gasteiger partial charge in [-0.3, -0.25) is 9.59 Å². The lowest BCUT2D eigenvalue weighted by atomic mass is 10.0. The summed E-state index contributed by atoms with van der Waals surface area (Å²) in [4.78, 5) is 31.2. The number of alkyl halides is 3. The van der Waals surface area contributed by atoms with E-state index in [2.05, 4.69) is 10.3 Å². The Bertz CT molecular complexity index is 1080. The van der Waals surface area contributed by atoms with Crippen molar-refractivity contribution in [2.45, 2.75) is 32.0 Å². The van der Waals surface area contributed by atoms with Crippen molar-refractivity contribution in [3.8, 4) is 0 Å². The van der Waals surface area contributed by atoms with Crippen molar-refractivity contribution in [3.63, 3.8) is 0 Å². The van der Waals surface area contributed by atoms with Gasteiger partial charge in [-0.25, -0.2) is 4.98 Å². The third kappa shape index (κ3) is 4.06. The minimum absolute atomic E-state index is 0.0130. The summed E-state index contributed by atoms with van der Waals surface area (Å²) in [6.07, 6.45) is -3.27. The molecule has 0 aliphatic carbocycles. The molecule has 0 radical (unpaired) electrons. The lowest BCUT2D eigenvalue weighted by Gasteiger charge is -2.32. The number of pyridine rings is 1. The zero-order valence-corrected chi connectivity index (χ0v) is 17.6. The topological polar surface area (TPSA) is 62.3 Å². The van der Waals surface area contributed by atoms with Gasteiger partial charge in [0.2, 0.25) is 0 Å². The van der Waals surface area contributed by atoms with E-state index in [1.54, 1.807) is 23.3 Å². The lowest BCUT2D eigenvalue weighted by molar-refractivity contribution is -0.140. The summed E-state index contributed by atoms with van der Waals surface area (Å²) in [6.45, 7) is 2.68. The van der Waals surface area contributed by atoms with E-state index in [0.717, 1.165) is 17.4 Å². The van der Waals surface area contributed by atoms with Gasteiger partial charge in [-0.1, -0.05) is 0 Å². The summed E-state index contributed by atoms with van der Waals surface area (Å²) in [6, 6.07) is 4.07. The standard InChI is InChI=1S/C20H18F3N3O2S2/c1-11-14-2-3-15(20(21,22)23)25-18(14)30-16(11)19(28)26-7-4-13(5-8-26)24-17(27)12-6-9-29-10-12/h2-3,6,9-10,13H,4-5,7-8H2,1H3,(H,24,27). The molecule has 0 saturated carbocycles. The number of hydrogen-bond acceptors (Lipinski definition) is 5. The van der Waals surface area contributed by atoms with Crippen LogP contribution >= 0.6 is 22.7 Å². The van der Waals surface area contributed by atoms with E-state index in [9.17, 15) is 22.8 Å². The summed E-state index contributed by atoms with van der Waals surface area (Å²) in [5.41, 5.74) is 0.316. The fourth-order valence-electron chi connectivity index (χ4n) is 3.49. The molecule has 1 N–H and O–H groups in total. The highest BCUT2D eigenvalue weighted by atomic mass is 32.1.